The number of benzene rings is 2. The van der Waals surface area contributed by atoms with Gasteiger partial charge in [-0.05, 0) is 23.3 Å². The minimum absolute atomic E-state index is 0.0980. The van der Waals surface area contributed by atoms with E-state index in [0.717, 1.165) is 25.9 Å². The Morgan fingerprint density at radius 3 is 2.11 bits per heavy atom. The lowest BCUT2D eigenvalue weighted by Gasteiger charge is -2.51. The van der Waals surface area contributed by atoms with Crippen LogP contribution in [-0.4, -0.2) is 58.7 Å². The SMILES string of the molecule is O=C(C[N+]12CCC(CC1)[C@@H](OC(=O)C(O)(c1ccccc1)c1ccccc1)C2)Nc1ccccn1. The van der Waals surface area contributed by atoms with Crippen LogP contribution in [0.4, 0.5) is 5.82 Å². The average Bonchev–Trinajstić information content (AvgIpc) is 2.90. The molecule has 3 aliphatic heterocycles. The summed E-state index contributed by atoms with van der Waals surface area (Å²) in [5.74, 6) is -0.0149. The molecule has 3 aromatic rings. The number of nitrogens with one attached hydrogen (secondary N) is 1. The molecule has 1 amide bonds. The fraction of sp³-hybridized carbons (Fsp3) is 0.321. The number of carbonyl (C=O) groups excluding carboxylic acids is 2. The van der Waals surface area contributed by atoms with Crippen molar-refractivity contribution < 1.29 is 23.9 Å². The van der Waals surface area contributed by atoms with Crippen molar-refractivity contribution in [2.24, 2.45) is 5.92 Å². The summed E-state index contributed by atoms with van der Waals surface area (Å²) in [6.07, 6.45) is 3.05. The Bertz CT molecular complexity index is 1120. The number of quaternary nitrogens is 1. The van der Waals surface area contributed by atoms with Crippen molar-refractivity contribution >= 4 is 17.7 Å². The third kappa shape index (κ3) is 4.70. The molecule has 4 heterocycles. The van der Waals surface area contributed by atoms with Crippen LogP contribution in [0.2, 0.25) is 0 Å². The first kappa shape index (κ1) is 23.2. The number of rotatable bonds is 7. The van der Waals surface area contributed by atoms with Crippen LogP contribution in [0.15, 0.2) is 85.1 Å². The molecule has 7 heteroatoms. The van der Waals surface area contributed by atoms with E-state index in [1.165, 1.54) is 0 Å². The quantitative estimate of drug-likeness (QED) is 0.408. The van der Waals surface area contributed by atoms with Crippen molar-refractivity contribution in [2.75, 3.05) is 31.5 Å². The lowest BCUT2D eigenvalue weighted by molar-refractivity contribution is -0.939. The molecular formula is C28H30N3O4+. The topological polar surface area (TPSA) is 88.5 Å². The maximum atomic E-state index is 13.6. The zero-order valence-corrected chi connectivity index (χ0v) is 19.5. The molecule has 2 bridgehead atoms. The third-order valence-corrected chi connectivity index (χ3v) is 7.39. The van der Waals surface area contributed by atoms with Gasteiger partial charge >= 0.3 is 5.97 Å². The number of fused-ring (bicyclic) bond motifs is 3. The first-order chi connectivity index (χ1) is 17.0. The third-order valence-electron chi connectivity index (χ3n) is 7.39. The number of hydrogen-bond donors (Lipinski definition) is 2. The number of piperidine rings is 3. The monoisotopic (exact) mass is 472 g/mol. The van der Waals surface area contributed by atoms with Gasteiger partial charge in [0.25, 0.3) is 5.91 Å². The molecule has 180 valence electrons. The molecule has 3 saturated heterocycles. The number of esters is 1. The molecule has 0 aliphatic carbocycles. The van der Waals surface area contributed by atoms with Gasteiger partial charge in [0, 0.05) is 25.0 Å². The van der Waals surface area contributed by atoms with E-state index < -0.39 is 11.6 Å². The Hall–Kier alpha value is -3.55. The summed E-state index contributed by atoms with van der Waals surface area (Å²) in [4.78, 5) is 30.6. The standard InChI is InChI=1S/C28H29N3O4/c32-26(30-25-13-7-8-16-29-25)20-31-17-14-21(15-18-31)24(19-31)35-27(33)28(34,22-9-3-1-4-10-22)23-11-5-2-6-12-23/h1-13,16,21,24,34H,14-15,17-20H2/p+1/t21?,24-,31?/m0/s1. The first-order valence-corrected chi connectivity index (χ1v) is 12.1. The molecule has 6 rings (SSSR count). The van der Waals surface area contributed by atoms with Crippen LogP contribution < -0.4 is 5.32 Å². The Kier molecular flexibility index (Phi) is 6.36. The fourth-order valence-corrected chi connectivity index (χ4v) is 5.48. The van der Waals surface area contributed by atoms with Crippen LogP contribution in [0.3, 0.4) is 0 Å². The smallest absolute Gasteiger partial charge is 0.348 e. The second-order valence-corrected chi connectivity index (χ2v) is 9.62. The highest BCUT2D eigenvalue weighted by molar-refractivity contribution is 5.90. The number of carbonyl (C=O) groups is 2. The maximum Gasteiger partial charge on any atom is 0.348 e. The molecule has 0 unspecified atom stereocenters. The number of anilines is 1. The minimum Gasteiger partial charge on any atom is -0.453 e. The normalized spacial score (nSPS) is 23.5. The highest BCUT2D eigenvalue weighted by Crippen LogP contribution is 2.38. The van der Waals surface area contributed by atoms with Crippen LogP contribution in [-0.2, 0) is 19.9 Å². The van der Waals surface area contributed by atoms with Gasteiger partial charge < -0.3 is 19.6 Å². The molecular weight excluding hydrogens is 442 g/mol. The van der Waals surface area contributed by atoms with Crippen molar-refractivity contribution in [1.29, 1.82) is 0 Å². The van der Waals surface area contributed by atoms with Crippen molar-refractivity contribution in [3.05, 3.63) is 96.2 Å². The highest BCUT2D eigenvalue weighted by atomic mass is 16.6. The summed E-state index contributed by atoms with van der Waals surface area (Å²) in [6, 6.07) is 23.2. The number of aromatic nitrogens is 1. The van der Waals surface area contributed by atoms with Gasteiger partial charge in [0.05, 0.1) is 13.1 Å². The van der Waals surface area contributed by atoms with Gasteiger partial charge in [-0.15, -0.1) is 0 Å². The first-order valence-electron chi connectivity index (χ1n) is 12.1. The van der Waals surface area contributed by atoms with Gasteiger partial charge in [-0.25, -0.2) is 9.78 Å². The predicted molar refractivity (Wildman–Crippen MR) is 131 cm³/mol. The van der Waals surface area contributed by atoms with Gasteiger partial charge in [-0.1, -0.05) is 66.7 Å². The molecule has 0 saturated carbocycles. The van der Waals surface area contributed by atoms with Crippen molar-refractivity contribution in [3.8, 4) is 0 Å². The van der Waals surface area contributed by atoms with Gasteiger partial charge in [0.1, 0.15) is 12.4 Å². The van der Waals surface area contributed by atoms with Crippen molar-refractivity contribution in [1.82, 2.24) is 4.98 Å². The van der Waals surface area contributed by atoms with Gasteiger partial charge in [-0.3, -0.25) is 4.79 Å². The van der Waals surface area contributed by atoms with E-state index in [1.54, 1.807) is 66.9 Å². The van der Waals surface area contributed by atoms with E-state index in [2.05, 4.69) is 10.3 Å². The molecule has 0 spiro atoms. The van der Waals surface area contributed by atoms with Crippen molar-refractivity contribution in [3.63, 3.8) is 0 Å². The number of aliphatic hydroxyl groups is 1. The van der Waals surface area contributed by atoms with Crippen LogP contribution in [0, 0.1) is 5.92 Å². The maximum absolute atomic E-state index is 13.6. The molecule has 2 N–H and O–H groups in total. The van der Waals surface area contributed by atoms with E-state index in [-0.39, 0.29) is 17.9 Å². The number of nitrogens with zero attached hydrogens (tertiary/aromatic N) is 2. The average molecular weight is 473 g/mol. The van der Waals surface area contributed by atoms with Crippen LogP contribution in [0.25, 0.3) is 0 Å². The largest absolute Gasteiger partial charge is 0.453 e. The van der Waals surface area contributed by atoms with E-state index in [1.807, 2.05) is 18.2 Å². The lowest BCUT2D eigenvalue weighted by Crippen LogP contribution is -2.66. The summed E-state index contributed by atoms with van der Waals surface area (Å²) in [5.41, 5.74) is -0.970. The van der Waals surface area contributed by atoms with Gasteiger partial charge in [-0.2, -0.15) is 0 Å². The molecule has 35 heavy (non-hydrogen) atoms. The number of pyridine rings is 1. The molecule has 1 aromatic heterocycles. The molecule has 3 aliphatic rings. The molecule has 1 atom stereocenters. The second-order valence-electron chi connectivity index (χ2n) is 9.62. The minimum atomic E-state index is -1.91. The Morgan fingerprint density at radius 2 is 1.54 bits per heavy atom. The second kappa shape index (κ2) is 9.60. The van der Waals surface area contributed by atoms with Gasteiger partial charge in [0.2, 0.25) is 5.60 Å². The number of amides is 1. The molecule has 7 nitrogen and oxygen atoms in total. The van der Waals surface area contributed by atoms with Crippen molar-refractivity contribution in [2.45, 2.75) is 24.5 Å². The van der Waals surface area contributed by atoms with Crippen LogP contribution in [0.1, 0.15) is 24.0 Å². The summed E-state index contributed by atoms with van der Waals surface area (Å²) in [6.45, 7) is 2.61. The summed E-state index contributed by atoms with van der Waals surface area (Å²) in [7, 11) is 0. The Labute approximate surface area is 205 Å². The molecule has 0 radical (unpaired) electrons. The zero-order chi connectivity index (χ0) is 24.3. The zero-order valence-electron chi connectivity index (χ0n) is 19.5. The van der Waals surface area contributed by atoms with E-state index in [0.29, 0.717) is 34.5 Å². The van der Waals surface area contributed by atoms with E-state index in [9.17, 15) is 14.7 Å². The summed E-state index contributed by atoms with van der Waals surface area (Å²) in [5, 5.41) is 14.6. The number of ether oxygens (including phenoxy) is 1. The Balaban J connectivity index is 1.34. The summed E-state index contributed by atoms with van der Waals surface area (Å²) >= 11 is 0. The van der Waals surface area contributed by atoms with Crippen LogP contribution in [0.5, 0.6) is 0 Å². The highest BCUT2D eigenvalue weighted by Gasteiger charge is 2.51. The fourth-order valence-electron chi connectivity index (χ4n) is 5.48. The van der Waals surface area contributed by atoms with Gasteiger partial charge in [0.15, 0.2) is 12.6 Å². The Morgan fingerprint density at radius 1 is 0.943 bits per heavy atom. The van der Waals surface area contributed by atoms with Crippen LogP contribution >= 0.6 is 0 Å². The lowest BCUT2D eigenvalue weighted by atomic mass is 9.82. The van der Waals surface area contributed by atoms with E-state index in [4.69, 9.17) is 4.74 Å². The predicted octanol–water partition coefficient (Wildman–Crippen LogP) is 3.11. The molecule has 3 fully saturated rings. The summed E-state index contributed by atoms with van der Waals surface area (Å²) < 4.78 is 6.65. The van der Waals surface area contributed by atoms with E-state index >= 15 is 0 Å². The molecule has 2 aromatic carbocycles. The number of hydrogen-bond acceptors (Lipinski definition) is 5.